The van der Waals surface area contributed by atoms with Gasteiger partial charge in [-0.05, 0) is 78.0 Å². The fraction of sp³-hybridized carbons (Fsp3) is 0.636. The van der Waals surface area contributed by atoms with Crippen LogP contribution in [0.4, 0.5) is 0 Å². The van der Waals surface area contributed by atoms with E-state index in [1.807, 2.05) is 61.5 Å². The van der Waals surface area contributed by atoms with E-state index < -0.39 is 29.9 Å². The van der Waals surface area contributed by atoms with Crippen LogP contribution in [0.2, 0.25) is 0 Å². The molecule has 0 unspecified atom stereocenters. The molecule has 0 radical (unpaired) electrons. The number of benzene rings is 1. The van der Waals surface area contributed by atoms with Crippen LogP contribution >= 0.6 is 0 Å². The molecule has 1 heterocycles. The molecule has 2 rings (SSSR count). The second-order valence-electron chi connectivity index (χ2n) is 9.63. The zero-order chi connectivity index (χ0) is 22.9. The minimum absolute atomic E-state index is 0.0600. The van der Waals surface area contributed by atoms with Crippen molar-refractivity contribution in [1.82, 2.24) is 5.32 Å². The smallest absolute Gasteiger partial charge is 0.465 e. The predicted molar refractivity (Wildman–Crippen MR) is 116 cm³/mol. The lowest BCUT2D eigenvalue weighted by atomic mass is 9.74. The zero-order valence-electron chi connectivity index (χ0n) is 19.6. The summed E-state index contributed by atoms with van der Waals surface area (Å²) >= 11 is 0. The van der Waals surface area contributed by atoms with Gasteiger partial charge < -0.3 is 24.1 Å². The largest absolute Gasteiger partial charge is 0.495 e. The number of carbonyl (C=O) groups excluding carboxylic acids is 2. The van der Waals surface area contributed by atoms with Crippen LogP contribution in [0.25, 0.3) is 0 Å². The highest BCUT2D eigenvalue weighted by Gasteiger charge is 2.52. The summed E-state index contributed by atoms with van der Waals surface area (Å²) in [5.74, 6) is -0.770. The molecule has 7 nitrogen and oxygen atoms in total. The fourth-order valence-corrected chi connectivity index (χ4v) is 3.12. The maximum atomic E-state index is 12.3. The van der Waals surface area contributed by atoms with Crippen LogP contribution in [0.3, 0.4) is 0 Å². The van der Waals surface area contributed by atoms with Crippen molar-refractivity contribution in [1.29, 1.82) is 0 Å². The Balaban J connectivity index is 2.26. The summed E-state index contributed by atoms with van der Waals surface area (Å²) in [5, 5.41) is 3.07. The van der Waals surface area contributed by atoms with Crippen LogP contribution in [0, 0.1) is 6.92 Å². The Kier molecular flexibility index (Phi) is 7.06. The number of hydrogen-bond donors (Lipinski definition) is 1. The lowest BCUT2D eigenvalue weighted by molar-refractivity contribution is -0.153. The summed E-state index contributed by atoms with van der Waals surface area (Å²) in [6, 6.07) is 3.70. The summed E-state index contributed by atoms with van der Waals surface area (Å²) in [4.78, 5) is 24.3. The molecule has 0 atom stereocenters. The quantitative estimate of drug-likeness (QED) is 0.560. The Hall–Kier alpha value is -1.90. The van der Waals surface area contributed by atoms with Gasteiger partial charge in [-0.2, -0.15) is 0 Å². The fourth-order valence-electron chi connectivity index (χ4n) is 3.12. The molecule has 1 aliphatic rings. The lowest BCUT2D eigenvalue weighted by Gasteiger charge is -2.32. The molecule has 166 valence electrons. The van der Waals surface area contributed by atoms with Crippen LogP contribution in [0.15, 0.2) is 12.1 Å². The topological polar surface area (TPSA) is 83.1 Å². The van der Waals surface area contributed by atoms with Crippen molar-refractivity contribution < 1.29 is 28.4 Å². The first kappa shape index (κ1) is 24.4. The minimum atomic E-state index is -0.607. The van der Waals surface area contributed by atoms with E-state index in [1.54, 1.807) is 6.07 Å². The zero-order valence-corrected chi connectivity index (χ0v) is 19.6. The first-order valence-electron chi connectivity index (χ1n) is 10.2. The van der Waals surface area contributed by atoms with E-state index in [0.717, 1.165) is 16.6 Å². The number of ether oxygens (including phenoxy) is 2. The molecule has 30 heavy (non-hydrogen) atoms. The molecule has 1 saturated heterocycles. The molecule has 1 N–H and O–H groups in total. The van der Waals surface area contributed by atoms with Gasteiger partial charge in [0.2, 0.25) is 0 Å². The standard InChI is InChI=1S/C22H34BNO6/c1-14-16(19(26)27-9)10-15(12-24-13-18(25)28-20(2,3)4)11-17(14)23-29-21(5,6)22(7,8)30-23/h10-11,24H,12-13H2,1-9H3. The third-order valence-electron chi connectivity index (χ3n) is 5.44. The van der Waals surface area contributed by atoms with Gasteiger partial charge in [-0.15, -0.1) is 0 Å². The van der Waals surface area contributed by atoms with Crippen molar-refractivity contribution in [2.75, 3.05) is 13.7 Å². The van der Waals surface area contributed by atoms with E-state index in [0.29, 0.717) is 12.1 Å². The molecule has 0 aliphatic carbocycles. The highest BCUT2D eigenvalue weighted by molar-refractivity contribution is 6.62. The van der Waals surface area contributed by atoms with Gasteiger partial charge in [-0.3, -0.25) is 4.79 Å². The number of carbonyl (C=O) groups is 2. The predicted octanol–water partition coefficient (Wildman–Crippen LogP) is 2.51. The number of methoxy groups -OCH3 is 1. The highest BCUT2D eigenvalue weighted by atomic mass is 16.7. The van der Waals surface area contributed by atoms with Crippen molar-refractivity contribution in [2.24, 2.45) is 0 Å². The lowest BCUT2D eigenvalue weighted by Crippen LogP contribution is -2.41. The summed E-state index contributed by atoms with van der Waals surface area (Å²) in [5.41, 5.74) is 1.24. The monoisotopic (exact) mass is 419 g/mol. The summed E-state index contributed by atoms with van der Waals surface area (Å²) in [7, 11) is 0.744. The minimum Gasteiger partial charge on any atom is -0.465 e. The van der Waals surface area contributed by atoms with Gasteiger partial charge in [0.05, 0.1) is 30.4 Å². The van der Waals surface area contributed by atoms with Crippen LogP contribution in [0.1, 0.15) is 70.0 Å². The summed E-state index contributed by atoms with van der Waals surface area (Å²) in [6.07, 6.45) is 0. The van der Waals surface area contributed by atoms with Gasteiger partial charge in [-0.25, -0.2) is 4.79 Å². The maximum Gasteiger partial charge on any atom is 0.495 e. The molecule has 0 spiro atoms. The molecule has 0 saturated carbocycles. The maximum absolute atomic E-state index is 12.3. The Morgan fingerprint density at radius 2 is 1.67 bits per heavy atom. The Morgan fingerprint density at radius 3 is 2.17 bits per heavy atom. The Morgan fingerprint density at radius 1 is 1.10 bits per heavy atom. The second-order valence-corrected chi connectivity index (χ2v) is 9.63. The average Bonchev–Trinajstić information content (AvgIpc) is 2.81. The number of nitrogens with one attached hydrogen (secondary N) is 1. The van der Waals surface area contributed by atoms with Gasteiger partial charge in [0.15, 0.2) is 0 Å². The van der Waals surface area contributed by atoms with E-state index in [-0.39, 0.29) is 12.5 Å². The number of esters is 2. The van der Waals surface area contributed by atoms with Crippen LogP contribution < -0.4 is 10.8 Å². The van der Waals surface area contributed by atoms with Gasteiger partial charge in [0.1, 0.15) is 5.60 Å². The molecule has 0 amide bonds. The molecule has 1 aromatic carbocycles. The molecule has 0 bridgehead atoms. The number of hydrogen-bond acceptors (Lipinski definition) is 7. The van der Waals surface area contributed by atoms with Crippen molar-refractivity contribution in [3.8, 4) is 0 Å². The van der Waals surface area contributed by atoms with Crippen LogP contribution in [-0.2, 0) is 30.1 Å². The summed E-state index contributed by atoms with van der Waals surface area (Å²) < 4.78 is 22.6. The highest BCUT2D eigenvalue weighted by Crippen LogP contribution is 2.37. The molecular formula is C22H34BNO6. The van der Waals surface area contributed by atoms with E-state index in [1.165, 1.54) is 7.11 Å². The summed E-state index contributed by atoms with van der Waals surface area (Å²) in [6.45, 7) is 15.7. The Bertz CT molecular complexity index is 797. The molecule has 1 aliphatic heterocycles. The van der Waals surface area contributed by atoms with Crippen molar-refractivity contribution >= 4 is 24.5 Å². The van der Waals surface area contributed by atoms with E-state index >= 15 is 0 Å². The molecule has 1 fully saturated rings. The van der Waals surface area contributed by atoms with E-state index in [2.05, 4.69) is 5.32 Å². The third-order valence-corrected chi connectivity index (χ3v) is 5.44. The first-order valence-corrected chi connectivity index (χ1v) is 10.2. The Labute approximate surface area is 179 Å². The number of rotatable bonds is 6. The third kappa shape index (κ3) is 5.62. The van der Waals surface area contributed by atoms with Gasteiger partial charge in [0.25, 0.3) is 0 Å². The van der Waals surface area contributed by atoms with Crippen LogP contribution in [0.5, 0.6) is 0 Å². The normalized spacial score (nSPS) is 17.7. The SMILES string of the molecule is COC(=O)c1cc(CNCC(=O)OC(C)(C)C)cc(B2OC(C)(C)C(C)(C)O2)c1C. The molecule has 1 aromatic rings. The van der Waals surface area contributed by atoms with Crippen molar-refractivity contribution in [3.63, 3.8) is 0 Å². The van der Waals surface area contributed by atoms with Gasteiger partial charge >= 0.3 is 19.1 Å². The van der Waals surface area contributed by atoms with Gasteiger partial charge in [0, 0.05) is 6.54 Å². The van der Waals surface area contributed by atoms with Crippen molar-refractivity contribution in [3.05, 3.63) is 28.8 Å². The second kappa shape index (κ2) is 8.69. The molecule has 8 heteroatoms. The van der Waals surface area contributed by atoms with Crippen LogP contribution in [-0.4, -0.2) is 49.5 Å². The van der Waals surface area contributed by atoms with Gasteiger partial charge in [-0.1, -0.05) is 6.07 Å². The molecule has 0 aromatic heterocycles. The first-order chi connectivity index (χ1) is 13.7. The van der Waals surface area contributed by atoms with E-state index in [9.17, 15) is 9.59 Å². The average molecular weight is 419 g/mol. The molecular weight excluding hydrogens is 385 g/mol. The van der Waals surface area contributed by atoms with E-state index in [4.69, 9.17) is 18.8 Å². The van der Waals surface area contributed by atoms with Crippen molar-refractivity contribution in [2.45, 2.75) is 78.7 Å².